The fourth-order valence-corrected chi connectivity index (χ4v) is 4.10. The Morgan fingerprint density at radius 1 is 1.23 bits per heavy atom. The zero-order valence-corrected chi connectivity index (χ0v) is 18.5. The summed E-state index contributed by atoms with van der Waals surface area (Å²) in [6.45, 7) is 3.74. The molecule has 164 valence electrons. The summed E-state index contributed by atoms with van der Waals surface area (Å²) in [4.78, 5) is 6.52. The second-order valence-corrected chi connectivity index (χ2v) is 8.05. The van der Waals surface area contributed by atoms with E-state index in [1.807, 2.05) is 17.0 Å². The smallest absolute Gasteiger partial charge is 0.249 e. The molecule has 1 aromatic heterocycles. The maximum atomic E-state index is 5.90. The van der Waals surface area contributed by atoms with Crippen molar-refractivity contribution in [3.8, 4) is 17.1 Å². The number of fused-ring (bicyclic) bond motifs is 1. The lowest BCUT2D eigenvalue weighted by Crippen LogP contribution is -2.36. The van der Waals surface area contributed by atoms with Crippen molar-refractivity contribution in [2.45, 2.75) is 51.5 Å². The van der Waals surface area contributed by atoms with Gasteiger partial charge in [-0.3, -0.25) is 0 Å². The van der Waals surface area contributed by atoms with Crippen molar-refractivity contribution in [3.05, 3.63) is 42.3 Å². The summed E-state index contributed by atoms with van der Waals surface area (Å²) >= 11 is 5.55. The minimum absolute atomic E-state index is 0.0961. The average Bonchev–Trinajstić information content (AvgIpc) is 3.47. The molecule has 0 spiro atoms. The number of aromatic nitrogens is 2. The molecule has 31 heavy (non-hydrogen) atoms. The van der Waals surface area contributed by atoms with E-state index in [-0.39, 0.29) is 12.0 Å². The van der Waals surface area contributed by atoms with Crippen molar-refractivity contribution in [1.29, 1.82) is 0 Å². The van der Waals surface area contributed by atoms with Gasteiger partial charge < -0.3 is 19.9 Å². The van der Waals surface area contributed by atoms with Crippen molar-refractivity contribution < 1.29 is 9.26 Å². The van der Waals surface area contributed by atoms with Crippen molar-refractivity contribution in [3.63, 3.8) is 0 Å². The van der Waals surface area contributed by atoms with Gasteiger partial charge in [0.05, 0.1) is 6.61 Å². The number of nitrogens with two attached hydrogens (primary N) is 1. The molecule has 4 rings (SSSR count). The maximum absolute atomic E-state index is 5.90. The highest BCUT2D eigenvalue weighted by Gasteiger charge is 2.32. The Balaban J connectivity index is 1.47. The molecule has 0 unspecified atom stereocenters. The van der Waals surface area contributed by atoms with Gasteiger partial charge in [-0.25, -0.2) is 0 Å². The van der Waals surface area contributed by atoms with Gasteiger partial charge in [0.2, 0.25) is 17.7 Å². The second-order valence-electron chi connectivity index (χ2n) is 7.88. The Bertz CT molecular complexity index is 1050. The van der Waals surface area contributed by atoms with Crippen LogP contribution in [-0.2, 0) is 0 Å². The molecule has 8 heteroatoms. The van der Waals surface area contributed by atoms with E-state index in [2.05, 4.69) is 45.8 Å². The molecule has 3 aromatic rings. The molecule has 1 aliphatic rings. The zero-order valence-electron chi connectivity index (χ0n) is 17.8. The van der Waals surface area contributed by atoms with Crippen LogP contribution in [0.15, 0.2) is 45.4 Å². The quantitative estimate of drug-likeness (QED) is 0.284. The summed E-state index contributed by atoms with van der Waals surface area (Å²) in [5, 5.41) is 6.41. The topological polar surface area (TPSA) is 89.8 Å². The van der Waals surface area contributed by atoms with Crippen LogP contribution in [0.1, 0.15) is 57.4 Å². The van der Waals surface area contributed by atoms with Crippen molar-refractivity contribution in [2.75, 3.05) is 13.2 Å². The van der Waals surface area contributed by atoms with Gasteiger partial charge in [-0.05, 0) is 48.2 Å². The highest BCUT2D eigenvalue weighted by Crippen LogP contribution is 2.32. The van der Waals surface area contributed by atoms with Crippen LogP contribution >= 0.6 is 11.8 Å². The van der Waals surface area contributed by atoms with Crippen molar-refractivity contribution >= 4 is 28.5 Å². The molecule has 1 aliphatic heterocycles. The maximum Gasteiger partial charge on any atom is 0.249 e. The highest BCUT2D eigenvalue weighted by molar-refractivity contribution is 6.19. The van der Waals surface area contributed by atoms with Gasteiger partial charge in [-0.15, -0.1) is 4.51 Å². The number of unbranched alkanes of at least 4 members (excludes halogenated alkanes) is 3. The Morgan fingerprint density at radius 3 is 2.90 bits per heavy atom. The van der Waals surface area contributed by atoms with Gasteiger partial charge in [-0.1, -0.05) is 49.5 Å². The second kappa shape index (κ2) is 10.0. The zero-order chi connectivity index (χ0) is 21.6. The molecule has 1 fully saturated rings. The lowest BCUT2D eigenvalue weighted by atomic mass is 10.1. The van der Waals surface area contributed by atoms with E-state index in [1.54, 1.807) is 0 Å². The SMILES string of the molecule is CCCCCCOc1ccc2cc(-c3noc([C@@H]4CCCN4/C(N)=N\Cl)n3)ccc2c1. The summed E-state index contributed by atoms with van der Waals surface area (Å²) in [6.07, 6.45) is 6.63. The first kappa shape index (κ1) is 21.4. The van der Waals surface area contributed by atoms with Crippen LogP contribution < -0.4 is 10.5 Å². The third-order valence-electron chi connectivity index (χ3n) is 5.70. The molecule has 1 atom stereocenters. The third-order valence-corrected chi connectivity index (χ3v) is 5.87. The number of hydrogen-bond donors (Lipinski definition) is 1. The predicted molar refractivity (Wildman–Crippen MR) is 123 cm³/mol. The van der Waals surface area contributed by atoms with Gasteiger partial charge in [0.1, 0.15) is 11.8 Å². The summed E-state index contributed by atoms with van der Waals surface area (Å²) in [7, 11) is 0. The highest BCUT2D eigenvalue weighted by atomic mass is 35.5. The molecule has 0 bridgehead atoms. The summed E-state index contributed by atoms with van der Waals surface area (Å²) in [5.74, 6) is 2.26. The summed E-state index contributed by atoms with van der Waals surface area (Å²) in [6, 6.07) is 12.2. The van der Waals surface area contributed by atoms with Gasteiger partial charge in [-0.2, -0.15) is 4.98 Å². The van der Waals surface area contributed by atoms with Crippen LogP contribution in [0.5, 0.6) is 5.75 Å². The number of guanidine groups is 1. The van der Waals surface area contributed by atoms with Crippen LogP contribution in [0.25, 0.3) is 22.2 Å². The fraction of sp³-hybridized carbons (Fsp3) is 0.435. The summed E-state index contributed by atoms with van der Waals surface area (Å²) in [5.41, 5.74) is 6.80. The Morgan fingerprint density at radius 2 is 2.06 bits per heavy atom. The molecule has 0 amide bonds. The minimum atomic E-state index is -0.0961. The molecular formula is C23H28ClN5O2. The Labute approximate surface area is 187 Å². The van der Waals surface area contributed by atoms with Gasteiger partial charge in [0.15, 0.2) is 0 Å². The normalized spacial score (nSPS) is 16.9. The molecule has 0 saturated carbocycles. The first-order valence-corrected chi connectivity index (χ1v) is 11.2. The number of nitrogens with zero attached hydrogens (tertiary/aromatic N) is 4. The largest absolute Gasteiger partial charge is 0.494 e. The molecule has 2 aromatic carbocycles. The van der Waals surface area contributed by atoms with E-state index < -0.39 is 0 Å². The van der Waals surface area contributed by atoms with E-state index in [9.17, 15) is 0 Å². The van der Waals surface area contributed by atoms with Gasteiger partial charge >= 0.3 is 0 Å². The van der Waals surface area contributed by atoms with E-state index in [1.165, 1.54) is 19.3 Å². The van der Waals surface area contributed by atoms with Crippen molar-refractivity contribution in [1.82, 2.24) is 15.0 Å². The number of likely N-dealkylation sites (tertiary alicyclic amines) is 1. The minimum Gasteiger partial charge on any atom is -0.494 e. The van der Waals surface area contributed by atoms with E-state index in [4.69, 9.17) is 26.8 Å². The standard InChI is InChI=1S/C23H28ClN5O2/c1-2-3-4-5-13-30-19-11-10-16-14-18(9-8-17(16)15-19)21-26-22(31-28-21)20-7-6-12-29(20)23(25)27-24/h8-11,14-15,20H,2-7,12-13H2,1H3,(H2,25,27)/t20-/m0/s1. The van der Waals surface area contributed by atoms with Gasteiger partial charge in [0, 0.05) is 23.9 Å². The fourth-order valence-electron chi connectivity index (χ4n) is 4.01. The van der Waals surface area contributed by atoms with E-state index in [0.29, 0.717) is 11.7 Å². The summed E-state index contributed by atoms with van der Waals surface area (Å²) < 4.78 is 15.0. The number of halogens is 1. The van der Waals surface area contributed by atoms with Crippen molar-refractivity contribution in [2.24, 2.45) is 10.2 Å². The van der Waals surface area contributed by atoms with Crippen LogP contribution in [0.3, 0.4) is 0 Å². The average molecular weight is 442 g/mol. The number of hydrogen-bond acceptors (Lipinski definition) is 5. The lowest BCUT2D eigenvalue weighted by molar-refractivity contribution is 0.284. The van der Waals surface area contributed by atoms with Crippen LogP contribution in [0.2, 0.25) is 0 Å². The molecule has 1 saturated heterocycles. The van der Waals surface area contributed by atoms with Crippen LogP contribution in [0.4, 0.5) is 0 Å². The lowest BCUT2D eigenvalue weighted by Gasteiger charge is -2.21. The first-order valence-electron chi connectivity index (χ1n) is 10.9. The number of rotatable bonds is 8. The Kier molecular flexibility index (Phi) is 6.92. The Hall–Kier alpha value is -2.80. The third kappa shape index (κ3) is 4.93. The molecule has 0 radical (unpaired) electrons. The molecule has 2 N–H and O–H groups in total. The number of benzene rings is 2. The first-order chi connectivity index (χ1) is 15.2. The molecular weight excluding hydrogens is 414 g/mol. The monoisotopic (exact) mass is 441 g/mol. The van der Waals surface area contributed by atoms with E-state index in [0.717, 1.165) is 54.5 Å². The predicted octanol–water partition coefficient (Wildman–Crippen LogP) is 5.45. The number of ether oxygens (including phenoxy) is 1. The molecule has 7 nitrogen and oxygen atoms in total. The molecule has 2 heterocycles. The van der Waals surface area contributed by atoms with Gasteiger partial charge in [0.25, 0.3) is 0 Å². The van der Waals surface area contributed by atoms with Crippen LogP contribution in [0, 0.1) is 0 Å². The van der Waals surface area contributed by atoms with Crippen LogP contribution in [-0.4, -0.2) is 34.2 Å². The van der Waals surface area contributed by atoms with E-state index >= 15 is 0 Å². The molecule has 0 aliphatic carbocycles.